The Morgan fingerprint density at radius 1 is 1.10 bits per heavy atom. The Kier molecular flexibility index (Phi) is 11.3. The standard InChI is InChI=1S/C42H46N8O7S/c1-23(2)36(41(55)50-21-28(51)19-32(50)39(53)45-42(4,5)27-13-11-25(12-14-27)37-24(3)43-22-58-37)34-20-35(48-57-34)56-16-15-49(6)40(54)31-18-26-17-30(46-47-38(26)44-31)29-9-7-8-10-33(29)52/h7-14,17-18,20,22-23,28,32,36,51-52H,15-16,19,21H2,1-6H3,(H,44,47)(H,45,53)/t28-,32+,36-/m1/s1. The van der Waals surface area contributed by atoms with Crippen molar-refractivity contribution in [2.75, 3.05) is 26.7 Å². The van der Waals surface area contributed by atoms with E-state index < -0.39 is 23.6 Å². The van der Waals surface area contributed by atoms with E-state index in [1.807, 2.05) is 64.4 Å². The summed E-state index contributed by atoms with van der Waals surface area (Å²) < 4.78 is 11.5. The van der Waals surface area contributed by atoms with Gasteiger partial charge in [-0.2, -0.15) is 0 Å². The highest BCUT2D eigenvalue weighted by Crippen LogP contribution is 2.34. The van der Waals surface area contributed by atoms with Gasteiger partial charge in [0.15, 0.2) is 11.4 Å². The van der Waals surface area contributed by atoms with Crippen LogP contribution in [0.4, 0.5) is 0 Å². The molecular formula is C42H46N8O7S. The number of H-pyrrole nitrogens is 1. The van der Waals surface area contributed by atoms with E-state index in [4.69, 9.17) is 9.26 Å². The van der Waals surface area contributed by atoms with Crippen LogP contribution in [0.1, 0.15) is 67.5 Å². The number of phenols is 1. The zero-order valence-electron chi connectivity index (χ0n) is 33.1. The molecule has 2 aromatic carbocycles. The molecule has 0 aliphatic carbocycles. The predicted octanol–water partition coefficient (Wildman–Crippen LogP) is 5.65. The van der Waals surface area contributed by atoms with E-state index in [1.165, 1.54) is 9.80 Å². The summed E-state index contributed by atoms with van der Waals surface area (Å²) >= 11 is 1.57. The normalized spacial score (nSPS) is 16.2. The number of hydrogen-bond donors (Lipinski definition) is 4. The van der Waals surface area contributed by atoms with E-state index in [1.54, 1.807) is 60.8 Å². The summed E-state index contributed by atoms with van der Waals surface area (Å²) in [5.74, 6) is -1.59. The molecule has 0 bridgehead atoms. The summed E-state index contributed by atoms with van der Waals surface area (Å²) in [6.07, 6.45) is -0.769. The number of carbonyl (C=O) groups is 3. The minimum atomic E-state index is -0.891. The fourth-order valence-corrected chi connectivity index (χ4v) is 8.06. The van der Waals surface area contributed by atoms with Crippen molar-refractivity contribution in [3.63, 3.8) is 0 Å². The van der Waals surface area contributed by atoms with Gasteiger partial charge in [-0.25, -0.2) is 4.98 Å². The Bertz CT molecular complexity index is 2440. The maximum absolute atomic E-state index is 14.2. The van der Waals surface area contributed by atoms with Crippen LogP contribution in [-0.4, -0.2) is 102 Å². The van der Waals surface area contributed by atoms with Crippen LogP contribution in [0.25, 0.3) is 32.7 Å². The third kappa shape index (κ3) is 8.29. The maximum Gasteiger partial charge on any atom is 0.270 e. The van der Waals surface area contributed by atoms with Crippen molar-refractivity contribution in [2.45, 2.75) is 64.6 Å². The predicted molar refractivity (Wildman–Crippen MR) is 217 cm³/mol. The first-order chi connectivity index (χ1) is 27.7. The van der Waals surface area contributed by atoms with Crippen LogP contribution in [0.2, 0.25) is 0 Å². The summed E-state index contributed by atoms with van der Waals surface area (Å²) in [6, 6.07) is 18.9. The van der Waals surface area contributed by atoms with Gasteiger partial charge in [-0.05, 0) is 67.2 Å². The maximum atomic E-state index is 14.2. The van der Waals surface area contributed by atoms with Gasteiger partial charge in [0.2, 0.25) is 11.8 Å². The minimum Gasteiger partial charge on any atom is -0.507 e. The van der Waals surface area contributed by atoms with Crippen molar-refractivity contribution < 1.29 is 33.9 Å². The topological polar surface area (TPSA) is 200 Å². The number of aliphatic hydroxyl groups excluding tert-OH is 1. The van der Waals surface area contributed by atoms with Gasteiger partial charge in [0.05, 0.1) is 40.0 Å². The number of rotatable bonds is 13. The van der Waals surface area contributed by atoms with Crippen LogP contribution in [0, 0.1) is 12.8 Å². The number of benzene rings is 2. The van der Waals surface area contributed by atoms with Crippen molar-refractivity contribution in [3.05, 3.63) is 95.0 Å². The van der Waals surface area contributed by atoms with Crippen molar-refractivity contribution in [2.24, 2.45) is 5.92 Å². The average Bonchev–Trinajstić information content (AvgIpc) is 4.01. The number of aromatic amines is 1. The highest BCUT2D eigenvalue weighted by molar-refractivity contribution is 7.13. The van der Waals surface area contributed by atoms with Gasteiger partial charge >= 0.3 is 0 Å². The lowest BCUT2D eigenvalue weighted by molar-refractivity contribution is -0.141. The number of thiazole rings is 1. The zero-order chi connectivity index (χ0) is 41.3. The lowest BCUT2D eigenvalue weighted by Crippen LogP contribution is -2.52. The third-order valence-corrected chi connectivity index (χ3v) is 11.4. The van der Waals surface area contributed by atoms with Crippen LogP contribution in [0.3, 0.4) is 0 Å². The lowest BCUT2D eigenvalue weighted by Gasteiger charge is -2.32. The van der Waals surface area contributed by atoms with E-state index in [-0.39, 0.29) is 67.1 Å². The molecule has 58 heavy (non-hydrogen) atoms. The smallest absolute Gasteiger partial charge is 0.270 e. The number of para-hydroxylation sites is 1. The number of fused-ring (bicyclic) bond motifs is 1. The molecule has 4 aromatic heterocycles. The van der Waals surface area contributed by atoms with Crippen molar-refractivity contribution in [1.82, 2.24) is 40.4 Å². The number of aromatic nitrogens is 5. The summed E-state index contributed by atoms with van der Waals surface area (Å²) in [5.41, 5.74) is 5.69. The Hall–Kier alpha value is -6.13. The van der Waals surface area contributed by atoms with Gasteiger partial charge in [0, 0.05) is 37.0 Å². The summed E-state index contributed by atoms with van der Waals surface area (Å²) in [5, 5.41) is 37.1. The Labute approximate surface area is 339 Å². The first-order valence-corrected chi connectivity index (χ1v) is 19.9. The number of nitrogens with one attached hydrogen (secondary N) is 2. The van der Waals surface area contributed by atoms with Gasteiger partial charge in [0.25, 0.3) is 11.8 Å². The highest BCUT2D eigenvalue weighted by Gasteiger charge is 2.44. The number of β-amino-alcohol motifs (C(OH)–C–C–N with tert-alkyl or cyclic N) is 1. The number of aryl methyl sites for hydroxylation is 1. The first-order valence-electron chi connectivity index (χ1n) is 19.0. The molecule has 0 spiro atoms. The van der Waals surface area contributed by atoms with E-state index in [9.17, 15) is 24.6 Å². The summed E-state index contributed by atoms with van der Waals surface area (Å²) in [7, 11) is 1.64. The number of likely N-dealkylation sites (N-methyl/N-ethyl adjacent to an activating group) is 1. The number of phenolic OH excluding ortho intramolecular Hbond substituents is 1. The van der Waals surface area contributed by atoms with Gasteiger partial charge in [-0.1, -0.05) is 50.2 Å². The highest BCUT2D eigenvalue weighted by atomic mass is 32.1. The molecule has 15 nitrogen and oxygen atoms in total. The van der Waals surface area contributed by atoms with Crippen molar-refractivity contribution in [3.8, 4) is 33.3 Å². The molecule has 16 heteroatoms. The monoisotopic (exact) mass is 806 g/mol. The number of aliphatic hydroxyl groups is 1. The Morgan fingerprint density at radius 3 is 2.57 bits per heavy atom. The average molecular weight is 807 g/mol. The van der Waals surface area contributed by atoms with Crippen LogP contribution in [0.15, 0.2) is 76.8 Å². The largest absolute Gasteiger partial charge is 0.507 e. The molecule has 1 aliphatic rings. The zero-order valence-corrected chi connectivity index (χ0v) is 33.9. The van der Waals surface area contributed by atoms with E-state index in [0.29, 0.717) is 28.0 Å². The van der Waals surface area contributed by atoms with Crippen LogP contribution in [-0.2, 0) is 15.1 Å². The van der Waals surface area contributed by atoms with Crippen molar-refractivity contribution >= 4 is 40.1 Å². The minimum absolute atomic E-state index is 0.00203. The second kappa shape index (κ2) is 16.4. The molecule has 0 saturated carbocycles. The van der Waals surface area contributed by atoms with Gasteiger partial charge in [-0.3, -0.25) is 14.4 Å². The van der Waals surface area contributed by atoms with E-state index in [0.717, 1.165) is 21.7 Å². The molecule has 7 rings (SSSR count). The SMILES string of the molecule is Cc1ncsc1-c1ccc(C(C)(C)NC(=O)[C@@H]2C[C@@H](O)CN2C(=O)[C@@H](c2cc(OCCN(C)C(=O)c3cc4cc(-c5ccccc5O)nnc4[nH]3)no2)C(C)C)cc1. The van der Waals surface area contributed by atoms with Crippen LogP contribution < -0.4 is 10.1 Å². The van der Waals surface area contributed by atoms with Gasteiger partial charge in [0.1, 0.15) is 30.0 Å². The lowest BCUT2D eigenvalue weighted by atomic mass is 9.91. The Balaban J connectivity index is 0.963. The molecular weight excluding hydrogens is 761 g/mol. The molecule has 5 heterocycles. The quantitative estimate of drug-likeness (QED) is 0.112. The van der Waals surface area contributed by atoms with Crippen molar-refractivity contribution in [1.29, 1.82) is 0 Å². The molecule has 1 fully saturated rings. The fourth-order valence-electron chi connectivity index (χ4n) is 7.25. The molecule has 3 atom stereocenters. The third-order valence-electron chi connectivity index (χ3n) is 10.5. The molecule has 1 saturated heterocycles. The van der Waals surface area contributed by atoms with E-state index in [2.05, 4.69) is 30.6 Å². The number of amides is 3. The molecule has 3 amide bonds. The molecule has 0 radical (unpaired) electrons. The molecule has 6 aromatic rings. The van der Waals surface area contributed by atoms with Gasteiger partial charge < -0.3 is 39.6 Å². The van der Waals surface area contributed by atoms with E-state index >= 15 is 0 Å². The first kappa shape index (κ1) is 40.1. The number of carbonyl (C=O) groups excluding carboxylic acids is 3. The summed E-state index contributed by atoms with van der Waals surface area (Å²) in [6.45, 7) is 9.81. The number of hydrogen-bond acceptors (Lipinski definition) is 12. The summed E-state index contributed by atoms with van der Waals surface area (Å²) in [4.78, 5) is 52.6. The molecule has 4 N–H and O–H groups in total. The number of likely N-dealkylation sites (tertiary alicyclic amines) is 1. The van der Waals surface area contributed by atoms with Crippen LogP contribution in [0.5, 0.6) is 11.6 Å². The fraction of sp³-hybridized carbons (Fsp3) is 0.357. The number of ether oxygens (including phenoxy) is 1. The second-order valence-electron chi connectivity index (χ2n) is 15.5. The molecule has 1 aliphatic heterocycles. The second-order valence-corrected chi connectivity index (χ2v) is 16.3. The molecule has 0 unspecified atom stereocenters. The Morgan fingerprint density at radius 2 is 1.86 bits per heavy atom. The number of nitrogens with zero attached hydrogens (tertiary/aromatic N) is 6. The van der Waals surface area contributed by atoms with Crippen LogP contribution >= 0.6 is 11.3 Å². The molecule has 302 valence electrons. The van der Waals surface area contributed by atoms with Gasteiger partial charge in [-0.15, -0.1) is 21.5 Å². The number of aromatic hydroxyl groups is 1.